The zero-order valence-corrected chi connectivity index (χ0v) is 13.6. The van der Waals surface area contributed by atoms with E-state index in [2.05, 4.69) is 59.4 Å². The van der Waals surface area contributed by atoms with Crippen LogP contribution in [0.2, 0.25) is 0 Å². The zero-order chi connectivity index (χ0) is 14.7. The number of hydrogen-bond acceptors (Lipinski definition) is 4. The fourth-order valence-corrected chi connectivity index (χ4v) is 3.99. The molecular formula is C17H17NOS2. The van der Waals surface area contributed by atoms with Gasteiger partial charge in [-0.15, -0.1) is 22.7 Å². The molecule has 3 aromatic rings. The molecule has 108 valence electrons. The van der Waals surface area contributed by atoms with Crippen LogP contribution in [0.15, 0.2) is 53.2 Å². The Hall–Kier alpha value is -1.78. The predicted octanol–water partition coefficient (Wildman–Crippen LogP) is 5.33. The summed E-state index contributed by atoms with van der Waals surface area (Å²) in [6.07, 6.45) is 0. The lowest BCUT2D eigenvalue weighted by molar-refractivity contribution is 0.412. The predicted molar refractivity (Wildman–Crippen MR) is 91.8 cm³/mol. The molecule has 0 fully saturated rings. The maximum atomic E-state index is 5.33. The second kappa shape index (κ2) is 6.33. The van der Waals surface area contributed by atoms with Crippen LogP contribution in [0.3, 0.4) is 0 Å². The van der Waals surface area contributed by atoms with Crippen LogP contribution < -0.4 is 10.1 Å². The molecule has 2 aromatic heterocycles. The lowest BCUT2D eigenvalue weighted by Crippen LogP contribution is -2.09. The first-order valence-corrected chi connectivity index (χ1v) is 8.52. The van der Waals surface area contributed by atoms with Crippen LogP contribution >= 0.6 is 22.7 Å². The van der Waals surface area contributed by atoms with E-state index in [1.54, 1.807) is 29.8 Å². The van der Waals surface area contributed by atoms with Gasteiger partial charge in [0.1, 0.15) is 5.75 Å². The van der Waals surface area contributed by atoms with E-state index >= 15 is 0 Å². The van der Waals surface area contributed by atoms with E-state index in [1.807, 2.05) is 6.07 Å². The van der Waals surface area contributed by atoms with Crippen molar-refractivity contribution in [3.05, 3.63) is 68.5 Å². The molecule has 0 spiro atoms. The van der Waals surface area contributed by atoms with E-state index in [1.165, 1.54) is 9.75 Å². The maximum Gasteiger partial charge on any atom is 0.121 e. The summed E-state index contributed by atoms with van der Waals surface area (Å²) in [4.78, 5) is 2.65. The summed E-state index contributed by atoms with van der Waals surface area (Å²) in [7, 11) is 1.70. The lowest BCUT2D eigenvalue weighted by atomic mass is 10.1. The summed E-state index contributed by atoms with van der Waals surface area (Å²) < 4.78 is 5.33. The zero-order valence-electron chi connectivity index (χ0n) is 12.0. The highest BCUT2D eigenvalue weighted by atomic mass is 32.1. The molecule has 0 bridgehead atoms. The Kier molecular flexibility index (Phi) is 4.27. The molecule has 0 aliphatic carbocycles. The van der Waals surface area contributed by atoms with Crippen molar-refractivity contribution in [3.63, 3.8) is 0 Å². The average Bonchev–Trinajstić information content (AvgIpc) is 3.18. The van der Waals surface area contributed by atoms with Gasteiger partial charge >= 0.3 is 0 Å². The second-order valence-electron chi connectivity index (χ2n) is 4.79. The van der Waals surface area contributed by atoms with Crippen molar-refractivity contribution < 1.29 is 4.74 Å². The molecule has 1 aromatic carbocycles. The molecule has 2 heterocycles. The minimum absolute atomic E-state index is 0.206. The average molecular weight is 315 g/mol. The van der Waals surface area contributed by atoms with Crippen LogP contribution in [0.25, 0.3) is 0 Å². The molecule has 0 aliphatic heterocycles. The van der Waals surface area contributed by atoms with E-state index < -0.39 is 0 Å². The van der Waals surface area contributed by atoms with Crippen LogP contribution in [-0.2, 0) is 0 Å². The van der Waals surface area contributed by atoms with Crippen molar-refractivity contribution in [2.24, 2.45) is 0 Å². The first kappa shape index (κ1) is 14.2. The molecule has 2 nitrogen and oxygen atoms in total. The number of benzene rings is 1. The normalized spacial score (nSPS) is 10.8. The number of rotatable bonds is 5. The molecule has 4 heteroatoms. The highest BCUT2D eigenvalue weighted by molar-refractivity contribution is 7.11. The largest absolute Gasteiger partial charge is 0.496 e. The molecule has 0 saturated carbocycles. The number of nitrogens with one attached hydrogen (secondary N) is 1. The third-order valence-corrected chi connectivity index (χ3v) is 5.24. The van der Waals surface area contributed by atoms with Crippen molar-refractivity contribution in [1.29, 1.82) is 0 Å². The Bertz CT molecular complexity index is 655. The van der Waals surface area contributed by atoms with Gasteiger partial charge < -0.3 is 10.1 Å². The van der Waals surface area contributed by atoms with Crippen molar-refractivity contribution in [2.75, 3.05) is 12.4 Å². The lowest BCUT2D eigenvalue weighted by Gasteiger charge is -2.18. The van der Waals surface area contributed by atoms with E-state index in [0.29, 0.717) is 0 Å². The second-order valence-corrected chi connectivity index (χ2v) is 6.75. The number of methoxy groups -OCH3 is 1. The summed E-state index contributed by atoms with van der Waals surface area (Å²) in [6, 6.07) is 15.0. The summed E-state index contributed by atoms with van der Waals surface area (Å²) in [5, 5.41) is 7.89. The van der Waals surface area contributed by atoms with Crippen LogP contribution in [0.4, 0.5) is 5.69 Å². The summed E-state index contributed by atoms with van der Waals surface area (Å²) in [6.45, 7) is 2.06. The monoisotopic (exact) mass is 315 g/mol. The molecule has 0 aliphatic rings. The van der Waals surface area contributed by atoms with Crippen LogP contribution in [0.1, 0.15) is 21.4 Å². The van der Waals surface area contributed by atoms with Gasteiger partial charge in [-0.3, -0.25) is 0 Å². The van der Waals surface area contributed by atoms with Crippen LogP contribution in [0, 0.1) is 6.92 Å². The van der Waals surface area contributed by atoms with Gasteiger partial charge in [0.15, 0.2) is 0 Å². The molecule has 0 amide bonds. The van der Waals surface area contributed by atoms with E-state index in [9.17, 15) is 0 Å². The van der Waals surface area contributed by atoms with E-state index in [0.717, 1.165) is 17.0 Å². The fourth-order valence-electron chi connectivity index (χ4n) is 2.33. The van der Waals surface area contributed by atoms with Gasteiger partial charge in [0.2, 0.25) is 0 Å². The Morgan fingerprint density at radius 2 is 1.67 bits per heavy atom. The van der Waals surface area contributed by atoms with Crippen molar-refractivity contribution in [1.82, 2.24) is 0 Å². The van der Waals surface area contributed by atoms with Gasteiger partial charge in [0.25, 0.3) is 0 Å². The number of ether oxygens (including phenoxy) is 1. The van der Waals surface area contributed by atoms with Crippen molar-refractivity contribution in [2.45, 2.75) is 13.0 Å². The Morgan fingerprint density at radius 1 is 1.00 bits per heavy atom. The van der Waals surface area contributed by atoms with Crippen molar-refractivity contribution in [3.8, 4) is 5.75 Å². The third-order valence-electron chi connectivity index (χ3n) is 3.36. The summed E-state index contributed by atoms with van der Waals surface area (Å²) in [5.41, 5.74) is 2.25. The molecule has 0 atom stereocenters. The molecule has 0 unspecified atom stereocenters. The fraction of sp³-hybridized carbons (Fsp3) is 0.176. The smallest absolute Gasteiger partial charge is 0.121 e. The first-order chi connectivity index (χ1) is 10.3. The highest BCUT2D eigenvalue weighted by Crippen LogP contribution is 2.33. The number of anilines is 1. The number of aryl methyl sites for hydroxylation is 1. The summed E-state index contributed by atoms with van der Waals surface area (Å²) >= 11 is 3.56. The highest BCUT2D eigenvalue weighted by Gasteiger charge is 2.16. The third kappa shape index (κ3) is 3.12. The van der Waals surface area contributed by atoms with Gasteiger partial charge in [0.05, 0.1) is 13.2 Å². The van der Waals surface area contributed by atoms with Gasteiger partial charge in [-0.25, -0.2) is 0 Å². The van der Waals surface area contributed by atoms with Gasteiger partial charge in [0, 0.05) is 15.4 Å². The Labute approximate surface area is 133 Å². The molecular weight excluding hydrogens is 298 g/mol. The Morgan fingerprint density at radius 3 is 2.14 bits per heavy atom. The minimum Gasteiger partial charge on any atom is -0.496 e. The van der Waals surface area contributed by atoms with Crippen LogP contribution in [-0.4, -0.2) is 7.11 Å². The minimum atomic E-state index is 0.206. The number of hydrogen-bond donors (Lipinski definition) is 1. The van der Waals surface area contributed by atoms with Gasteiger partial charge in [-0.05, 0) is 53.6 Å². The molecule has 0 saturated heterocycles. The van der Waals surface area contributed by atoms with Gasteiger partial charge in [-0.1, -0.05) is 12.1 Å². The maximum absolute atomic E-state index is 5.33. The van der Waals surface area contributed by atoms with Gasteiger partial charge in [-0.2, -0.15) is 0 Å². The molecule has 0 radical (unpaired) electrons. The topological polar surface area (TPSA) is 21.3 Å². The Balaban J connectivity index is 1.90. The summed E-state index contributed by atoms with van der Waals surface area (Å²) in [5.74, 6) is 0.921. The van der Waals surface area contributed by atoms with E-state index in [-0.39, 0.29) is 6.04 Å². The first-order valence-electron chi connectivity index (χ1n) is 6.76. The van der Waals surface area contributed by atoms with Crippen LogP contribution in [0.5, 0.6) is 5.75 Å². The van der Waals surface area contributed by atoms with Crippen molar-refractivity contribution >= 4 is 28.4 Å². The quantitative estimate of drug-likeness (QED) is 0.687. The SMILES string of the molecule is COc1ccc(NC(c2cccs2)c2cccs2)cc1C. The molecule has 1 N–H and O–H groups in total. The standard InChI is InChI=1S/C17H17NOS2/c1-12-11-13(7-8-14(12)19-2)18-17(15-5-3-9-20-15)16-6-4-10-21-16/h3-11,17-18H,1-2H3. The molecule has 21 heavy (non-hydrogen) atoms. The van der Waals surface area contributed by atoms with E-state index in [4.69, 9.17) is 4.74 Å². The molecule has 3 rings (SSSR count). The number of thiophene rings is 2.